The van der Waals surface area contributed by atoms with Crippen molar-refractivity contribution in [3.05, 3.63) is 58.5 Å². The van der Waals surface area contributed by atoms with E-state index in [-0.39, 0.29) is 34.9 Å². The van der Waals surface area contributed by atoms with Crippen LogP contribution in [0.5, 0.6) is 11.5 Å². The van der Waals surface area contributed by atoms with E-state index in [0.29, 0.717) is 24.9 Å². The Hall–Kier alpha value is -3.26. The number of pyridine rings is 1. The second-order valence-corrected chi connectivity index (χ2v) is 8.23. The van der Waals surface area contributed by atoms with E-state index < -0.39 is 11.9 Å². The monoisotopic (exact) mass is 506 g/mol. The predicted molar refractivity (Wildman–Crippen MR) is 123 cm³/mol. The van der Waals surface area contributed by atoms with Crippen LogP contribution in [0.25, 0.3) is 11.3 Å². The normalized spacial score (nSPS) is 14.4. The van der Waals surface area contributed by atoms with Crippen LogP contribution in [0, 0.1) is 11.8 Å². The summed E-state index contributed by atoms with van der Waals surface area (Å²) in [6.45, 7) is 3.29. The molecule has 1 aliphatic rings. The van der Waals surface area contributed by atoms with E-state index in [1.54, 1.807) is 24.4 Å². The average molecular weight is 507 g/mol. The quantitative estimate of drug-likeness (QED) is 0.414. The van der Waals surface area contributed by atoms with Gasteiger partial charge in [0, 0.05) is 37.5 Å². The van der Waals surface area contributed by atoms with Crippen molar-refractivity contribution < 1.29 is 27.8 Å². The Morgan fingerprint density at radius 1 is 1.20 bits per heavy atom. The lowest BCUT2D eigenvalue weighted by Gasteiger charge is -2.24. The van der Waals surface area contributed by atoms with Crippen molar-refractivity contribution in [2.45, 2.75) is 12.8 Å². The number of alkyl halides is 3. The van der Waals surface area contributed by atoms with Gasteiger partial charge in [-0.15, -0.1) is 0 Å². The summed E-state index contributed by atoms with van der Waals surface area (Å²) in [5, 5.41) is 14.9. The van der Waals surface area contributed by atoms with Crippen molar-refractivity contribution in [3.63, 3.8) is 0 Å². The second-order valence-electron chi connectivity index (χ2n) is 7.84. The number of hydrogen-bond donors (Lipinski definition) is 1. The Kier molecular flexibility index (Phi) is 7.50. The fraction of sp³-hybridized carbons (Fsp3) is 0.333. The Labute approximate surface area is 205 Å². The molecule has 11 heteroatoms. The average Bonchev–Trinajstić information content (AvgIpc) is 3.23. The maximum absolute atomic E-state index is 13.2. The van der Waals surface area contributed by atoms with Gasteiger partial charge in [0.15, 0.2) is 5.69 Å². The van der Waals surface area contributed by atoms with Crippen molar-refractivity contribution >= 4 is 11.6 Å². The molecule has 1 N–H and O–H groups in total. The number of halogens is 4. The first kappa shape index (κ1) is 24.9. The van der Waals surface area contributed by atoms with E-state index >= 15 is 0 Å². The summed E-state index contributed by atoms with van der Waals surface area (Å²) in [7, 11) is 1.38. The van der Waals surface area contributed by atoms with Gasteiger partial charge >= 0.3 is 6.18 Å². The molecule has 184 valence electrons. The number of hydrogen-bond acceptors (Lipinski definition) is 6. The summed E-state index contributed by atoms with van der Waals surface area (Å²) >= 11 is 5.82. The molecule has 35 heavy (non-hydrogen) atoms. The number of nitrogens with zero attached hydrogens (tertiary/aromatic N) is 4. The van der Waals surface area contributed by atoms with Gasteiger partial charge in [-0.25, -0.2) is 4.98 Å². The number of phenolic OH excluding ortho intramolecular Hbond substituents is 1. The number of morpholine rings is 1. The molecule has 1 fully saturated rings. The number of aromatic nitrogens is 3. The molecule has 0 aliphatic carbocycles. The van der Waals surface area contributed by atoms with Crippen molar-refractivity contribution in [2.75, 3.05) is 32.8 Å². The highest BCUT2D eigenvalue weighted by Crippen LogP contribution is 2.39. The molecule has 0 radical (unpaired) electrons. The molecular weight excluding hydrogens is 485 g/mol. The first-order valence-electron chi connectivity index (χ1n) is 10.7. The number of phenols is 1. The van der Waals surface area contributed by atoms with Crippen molar-refractivity contribution in [3.8, 4) is 34.6 Å². The molecule has 0 atom stereocenters. The van der Waals surface area contributed by atoms with Gasteiger partial charge in [-0.2, -0.15) is 18.3 Å². The topological polar surface area (TPSA) is 72.6 Å². The molecule has 4 rings (SSSR count). The maximum Gasteiger partial charge on any atom is 0.435 e. The number of rotatable bonds is 5. The van der Waals surface area contributed by atoms with Crippen LogP contribution in [-0.2, 0) is 24.6 Å². The van der Waals surface area contributed by atoms with Crippen molar-refractivity contribution in [1.82, 2.24) is 19.7 Å². The number of ether oxygens (including phenoxy) is 2. The predicted octanol–water partition coefficient (Wildman–Crippen LogP) is 4.12. The highest BCUT2D eigenvalue weighted by atomic mass is 35.5. The van der Waals surface area contributed by atoms with Crippen LogP contribution < -0.4 is 4.74 Å². The Morgan fingerprint density at radius 2 is 1.97 bits per heavy atom. The van der Waals surface area contributed by atoms with Crippen LogP contribution in [-0.4, -0.2) is 57.6 Å². The van der Waals surface area contributed by atoms with Gasteiger partial charge in [-0.05, 0) is 24.3 Å². The first-order chi connectivity index (χ1) is 16.7. The molecule has 0 spiro atoms. The van der Waals surface area contributed by atoms with Gasteiger partial charge < -0.3 is 14.6 Å². The lowest BCUT2D eigenvalue weighted by Crippen LogP contribution is -2.36. The zero-order valence-corrected chi connectivity index (χ0v) is 19.5. The summed E-state index contributed by atoms with van der Waals surface area (Å²) in [6.07, 6.45) is -3.04. The van der Waals surface area contributed by atoms with Gasteiger partial charge in [0.1, 0.15) is 28.8 Å². The van der Waals surface area contributed by atoms with E-state index in [1.807, 2.05) is 0 Å². The van der Waals surface area contributed by atoms with Gasteiger partial charge in [0.25, 0.3) is 0 Å². The lowest BCUT2D eigenvalue weighted by molar-refractivity contribution is -0.141. The van der Waals surface area contributed by atoms with Gasteiger partial charge in [0.2, 0.25) is 0 Å². The fourth-order valence-corrected chi connectivity index (χ4v) is 3.64. The Morgan fingerprint density at radius 3 is 2.63 bits per heavy atom. The third-order valence-corrected chi connectivity index (χ3v) is 5.61. The summed E-state index contributed by atoms with van der Waals surface area (Å²) in [5.74, 6) is 5.97. The molecule has 0 amide bonds. The summed E-state index contributed by atoms with van der Waals surface area (Å²) in [4.78, 5) is 6.11. The minimum atomic E-state index is -4.61. The molecule has 0 bridgehead atoms. The number of benzene rings is 1. The van der Waals surface area contributed by atoms with Crippen LogP contribution in [0.2, 0.25) is 5.15 Å². The minimum Gasteiger partial charge on any atom is -0.506 e. The Bertz CT molecular complexity index is 1240. The van der Waals surface area contributed by atoms with Gasteiger partial charge in [-0.1, -0.05) is 29.5 Å². The van der Waals surface area contributed by atoms with Gasteiger partial charge in [0.05, 0.1) is 25.5 Å². The summed E-state index contributed by atoms with van der Waals surface area (Å²) in [6, 6.07) is 7.32. The fourth-order valence-electron chi connectivity index (χ4n) is 3.53. The summed E-state index contributed by atoms with van der Waals surface area (Å²) < 4.78 is 51.8. The van der Waals surface area contributed by atoms with Crippen molar-refractivity contribution in [2.24, 2.45) is 7.05 Å². The largest absolute Gasteiger partial charge is 0.506 e. The minimum absolute atomic E-state index is 0.0968. The van der Waals surface area contributed by atoms with Crippen LogP contribution in [0.3, 0.4) is 0 Å². The molecule has 2 aromatic heterocycles. The van der Waals surface area contributed by atoms with E-state index in [9.17, 15) is 18.3 Å². The molecule has 1 aromatic carbocycles. The van der Waals surface area contributed by atoms with Crippen LogP contribution in [0.4, 0.5) is 13.2 Å². The standard InChI is InChI=1S/C24H22ClF3N4O3/c1-31-19(13-21(30-31)24(26,27)28)17-5-6-20(35-15-16-4-7-22(25)29-14-16)18(23(17)33)3-2-8-32-9-11-34-12-10-32/h4-7,13-14,33H,8-12,15H2,1H3. The highest BCUT2D eigenvalue weighted by molar-refractivity contribution is 6.29. The summed E-state index contributed by atoms with van der Waals surface area (Å²) in [5.41, 5.74) is 0.121. The number of aryl methyl sites for hydroxylation is 1. The molecule has 3 heterocycles. The third kappa shape index (κ3) is 6.06. The molecule has 1 saturated heterocycles. The van der Waals surface area contributed by atoms with Crippen molar-refractivity contribution in [1.29, 1.82) is 0 Å². The van der Waals surface area contributed by atoms with E-state index in [4.69, 9.17) is 21.1 Å². The second kappa shape index (κ2) is 10.6. The lowest BCUT2D eigenvalue weighted by atomic mass is 10.0. The molecular formula is C24H22ClF3N4O3. The third-order valence-electron chi connectivity index (χ3n) is 5.39. The van der Waals surface area contributed by atoms with Crippen LogP contribution >= 0.6 is 11.6 Å². The van der Waals surface area contributed by atoms with Gasteiger partial charge in [-0.3, -0.25) is 9.58 Å². The zero-order chi connectivity index (χ0) is 25.0. The van der Waals surface area contributed by atoms with E-state index in [0.717, 1.165) is 29.4 Å². The SMILES string of the molecule is Cn1nc(C(F)(F)F)cc1-c1ccc(OCc2ccc(Cl)nc2)c(C#CCN2CCOCC2)c1O. The molecule has 7 nitrogen and oxygen atoms in total. The maximum atomic E-state index is 13.2. The van der Waals surface area contributed by atoms with E-state index in [1.165, 1.54) is 13.1 Å². The van der Waals surface area contributed by atoms with Crippen LogP contribution in [0.1, 0.15) is 16.8 Å². The smallest absolute Gasteiger partial charge is 0.435 e. The van der Waals surface area contributed by atoms with Crippen LogP contribution in [0.15, 0.2) is 36.5 Å². The van der Waals surface area contributed by atoms with E-state index in [2.05, 4.69) is 26.8 Å². The zero-order valence-electron chi connectivity index (χ0n) is 18.8. The molecule has 3 aromatic rings. The first-order valence-corrected chi connectivity index (χ1v) is 11.1. The number of aromatic hydroxyl groups is 1. The molecule has 1 aliphatic heterocycles. The molecule has 0 unspecified atom stereocenters. The highest BCUT2D eigenvalue weighted by Gasteiger charge is 2.35. The Balaban J connectivity index is 1.67. The molecule has 0 saturated carbocycles.